The van der Waals surface area contributed by atoms with Gasteiger partial charge >= 0.3 is 0 Å². The van der Waals surface area contributed by atoms with E-state index in [4.69, 9.17) is 40.6 Å². The zero-order valence-corrected chi connectivity index (χ0v) is 44.7. The number of benzene rings is 5. The summed E-state index contributed by atoms with van der Waals surface area (Å²) in [5, 5.41) is 10.1. The Morgan fingerprint density at radius 3 is 1.84 bits per heavy atom. The lowest BCUT2D eigenvalue weighted by Crippen LogP contribution is -2.44. The second kappa shape index (κ2) is 22.3. The van der Waals surface area contributed by atoms with E-state index in [0.29, 0.717) is 10.8 Å². The van der Waals surface area contributed by atoms with Crippen LogP contribution in [0.5, 0.6) is 11.5 Å². The van der Waals surface area contributed by atoms with E-state index in [1.807, 2.05) is 76.4 Å². The first kappa shape index (κ1) is 51.9. The van der Waals surface area contributed by atoms with Gasteiger partial charge in [0, 0.05) is 60.6 Å². The van der Waals surface area contributed by atoms with Gasteiger partial charge in [0.1, 0.15) is 33.7 Å². The molecule has 2 aliphatic carbocycles. The van der Waals surface area contributed by atoms with Crippen molar-refractivity contribution in [1.29, 1.82) is 0 Å². The van der Waals surface area contributed by atoms with E-state index in [9.17, 15) is 0 Å². The van der Waals surface area contributed by atoms with Gasteiger partial charge in [-0.15, -0.1) is 12.4 Å². The van der Waals surface area contributed by atoms with Crippen molar-refractivity contribution in [2.45, 2.75) is 88.9 Å². The molecule has 5 aromatic carbocycles. The van der Waals surface area contributed by atoms with Crippen LogP contribution < -0.4 is 19.7 Å². The highest BCUT2D eigenvalue weighted by molar-refractivity contribution is 6.29. The Hall–Kier alpha value is -6.60. The zero-order chi connectivity index (χ0) is 50.7. The topological polar surface area (TPSA) is 108 Å². The summed E-state index contributed by atoms with van der Waals surface area (Å²) in [5.74, 6) is 2.72. The first-order valence-corrected chi connectivity index (χ1v) is 26.5. The Kier molecular flexibility index (Phi) is 15.4. The molecule has 1 N–H and O–H groups in total. The number of aromatic nitrogens is 4. The predicted molar refractivity (Wildman–Crippen MR) is 302 cm³/mol. The fourth-order valence-corrected chi connectivity index (χ4v) is 10.7. The van der Waals surface area contributed by atoms with Crippen molar-refractivity contribution >= 4 is 46.4 Å². The van der Waals surface area contributed by atoms with Crippen LogP contribution >= 0.6 is 24.0 Å². The summed E-state index contributed by atoms with van der Waals surface area (Å²) >= 11 is 6.36. The minimum absolute atomic E-state index is 0. The molecule has 6 heterocycles. The first-order chi connectivity index (χ1) is 36.1. The number of hydrogen-bond acceptors (Lipinski definition) is 10. The number of morpholine rings is 2. The van der Waals surface area contributed by atoms with Crippen molar-refractivity contribution in [2.24, 2.45) is 4.99 Å². The van der Waals surface area contributed by atoms with Crippen LogP contribution in [-0.4, -0.2) is 88.3 Å². The van der Waals surface area contributed by atoms with E-state index in [1.54, 1.807) is 6.20 Å². The number of fused-ring (bicyclic) bond motifs is 2. The Labute approximate surface area is 451 Å². The minimum atomic E-state index is -0.752. The van der Waals surface area contributed by atoms with Crippen molar-refractivity contribution in [1.82, 2.24) is 25.1 Å². The Balaban J connectivity index is 0.000000153. The second-order valence-corrected chi connectivity index (χ2v) is 20.9. The number of nitrogens with one attached hydrogen (secondary N) is 1. The molecule has 11 nitrogen and oxygen atoms in total. The molecule has 0 amide bonds. The van der Waals surface area contributed by atoms with Crippen LogP contribution in [0.15, 0.2) is 169 Å². The maximum absolute atomic E-state index is 6.36. The zero-order valence-electron chi connectivity index (χ0n) is 43.1. The highest BCUT2D eigenvalue weighted by atomic mass is 35.5. The fraction of sp³-hybridized carbons (Fsp3) is 0.323. The quantitative estimate of drug-likeness (QED) is 0.100. The van der Waals surface area contributed by atoms with Crippen molar-refractivity contribution in [3.8, 4) is 22.8 Å². The molecule has 2 saturated heterocycles. The van der Waals surface area contributed by atoms with Crippen molar-refractivity contribution < 1.29 is 18.9 Å². The summed E-state index contributed by atoms with van der Waals surface area (Å²) in [7, 11) is 0. The number of aliphatic imine (C=N–C) groups is 1. The van der Waals surface area contributed by atoms with Gasteiger partial charge in [-0.1, -0.05) is 109 Å². The summed E-state index contributed by atoms with van der Waals surface area (Å²) in [6.07, 6.45) is 8.72. The van der Waals surface area contributed by atoms with E-state index < -0.39 is 5.54 Å². The molecule has 75 heavy (non-hydrogen) atoms. The number of ether oxygens (including phenoxy) is 4. The molecule has 13 rings (SSSR count). The van der Waals surface area contributed by atoms with E-state index in [0.717, 1.165) is 113 Å². The monoisotopic (exact) mass is 1040 g/mol. The number of rotatable bonds is 11. The van der Waals surface area contributed by atoms with E-state index >= 15 is 0 Å². The summed E-state index contributed by atoms with van der Waals surface area (Å²) in [6, 6.07) is 52.2. The maximum Gasteiger partial charge on any atom is 0.138 e. The summed E-state index contributed by atoms with van der Waals surface area (Å²) in [6.45, 7) is 14.6. The lowest BCUT2D eigenvalue weighted by atomic mass is 9.77. The van der Waals surface area contributed by atoms with E-state index in [1.165, 1.54) is 36.8 Å². The Morgan fingerprint density at radius 1 is 0.653 bits per heavy atom. The van der Waals surface area contributed by atoms with Crippen LogP contribution in [0.2, 0.25) is 5.15 Å². The maximum atomic E-state index is 6.36. The molecule has 2 spiro atoms. The molecular weight excluding hydrogens is 978 g/mol. The molecule has 8 aromatic rings. The highest BCUT2D eigenvalue weighted by Gasteiger charge is 2.48. The third-order valence-electron chi connectivity index (χ3n) is 14.4. The molecule has 0 unspecified atom stereocenters. The predicted octanol–water partition coefficient (Wildman–Crippen LogP) is 12.5. The average Bonchev–Trinajstić information content (AvgIpc) is 4.27. The Bertz CT molecular complexity index is 3150. The highest BCUT2D eigenvalue weighted by Crippen LogP contribution is 2.46. The van der Waals surface area contributed by atoms with Gasteiger partial charge in [-0.3, -0.25) is 4.99 Å². The number of nitrogens with zero attached hydrogens (tertiary/aromatic N) is 6. The number of pyridine rings is 2. The molecule has 4 fully saturated rings. The number of halogens is 2. The summed E-state index contributed by atoms with van der Waals surface area (Å²) < 4.78 is 25.6. The third-order valence-corrected chi connectivity index (χ3v) is 14.6. The van der Waals surface area contributed by atoms with Crippen LogP contribution in [0, 0.1) is 0 Å². The van der Waals surface area contributed by atoms with Gasteiger partial charge in [0.2, 0.25) is 0 Å². The molecule has 2 saturated carbocycles. The molecule has 0 atom stereocenters. The molecule has 0 bridgehead atoms. The van der Waals surface area contributed by atoms with Gasteiger partial charge in [0.25, 0.3) is 0 Å². The van der Waals surface area contributed by atoms with E-state index in [2.05, 4.69) is 134 Å². The number of anilines is 1. The van der Waals surface area contributed by atoms with Crippen molar-refractivity contribution in [3.05, 3.63) is 203 Å². The molecule has 5 aliphatic rings. The van der Waals surface area contributed by atoms with Crippen LogP contribution in [0.1, 0.15) is 86.8 Å². The van der Waals surface area contributed by atoms with Gasteiger partial charge < -0.3 is 29.2 Å². The molecular formula is C62H65Cl2N7O4. The normalized spacial score (nSPS) is 16.8. The molecule has 386 valence electrons. The Morgan fingerprint density at radius 2 is 1.25 bits per heavy atom. The van der Waals surface area contributed by atoms with Gasteiger partial charge in [0.05, 0.1) is 54.4 Å². The molecule has 3 aliphatic heterocycles. The van der Waals surface area contributed by atoms with Crippen LogP contribution in [0.3, 0.4) is 0 Å². The van der Waals surface area contributed by atoms with Crippen LogP contribution in [0.25, 0.3) is 22.2 Å². The third kappa shape index (κ3) is 11.2. The van der Waals surface area contributed by atoms with Gasteiger partial charge in [-0.25, -0.2) is 14.6 Å². The average molecular weight is 1040 g/mol. The number of hydrogen-bond donors (Lipinski definition) is 1. The lowest BCUT2D eigenvalue weighted by molar-refractivity contribution is 0.00883. The molecule has 3 aromatic heterocycles. The van der Waals surface area contributed by atoms with Gasteiger partial charge in [0.15, 0.2) is 0 Å². The van der Waals surface area contributed by atoms with Gasteiger partial charge in [-0.2, -0.15) is 5.10 Å². The first-order valence-electron chi connectivity index (χ1n) is 26.1. The van der Waals surface area contributed by atoms with Crippen molar-refractivity contribution in [2.75, 3.05) is 44.3 Å². The van der Waals surface area contributed by atoms with E-state index in [-0.39, 0.29) is 30.2 Å². The SMILES string of the molecule is C1COC2(CC2)CN1.CC(C)Oc1ccc2c(c1)C(c1ccnc(N3CCOC4(CC4)C3)c1)=NC2.CC(C)Oc1ccc2c(c1)c(-c1ccnc(Cl)c1)nn2C(c1ccccc1)(c1ccccc1)c1ccccc1.Cl. The summed E-state index contributed by atoms with van der Waals surface area (Å²) in [5.41, 5.74) is 10.2. The lowest BCUT2D eigenvalue weighted by Gasteiger charge is -2.37. The summed E-state index contributed by atoms with van der Waals surface area (Å²) in [4.78, 5) is 16.0. The van der Waals surface area contributed by atoms with Crippen molar-refractivity contribution in [3.63, 3.8) is 0 Å². The van der Waals surface area contributed by atoms with Crippen LogP contribution in [0.4, 0.5) is 5.82 Å². The largest absolute Gasteiger partial charge is 0.491 e. The van der Waals surface area contributed by atoms with Crippen LogP contribution in [-0.2, 0) is 21.6 Å². The standard InChI is InChI=1S/C34H28ClN3O.C22H25N3O2.C6H11NO.ClH/c1-24(2)39-29-18-19-31-30(23-29)33(25-20-21-36-32(35)22-25)37-38(31)34(26-12-6-3-7-13-26,27-14-8-4-9-15-27)28-16-10-5-11-17-28;1-15(2)27-18-4-3-17-13-24-21(19(17)12-18)16-5-8-23-20(11-16)25-9-10-26-22(14-25)6-7-22;1-2-6(1)5-7-3-4-8-6;/h3-24H,1-2H3;3-5,8,11-12,15H,6-7,9-10,13-14H2,1-2H3;7H,1-5H2;1H. The smallest absolute Gasteiger partial charge is 0.138 e. The fourth-order valence-electron chi connectivity index (χ4n) is 10.5. The molecule has 13 heteroatoms. The van der Waals surface area contributed by atoms with Gasteiger partial charge in [-0.05, 0) is 130 Å². The molecule has 0 radical (unpaired) electrons. The minimum Gasteiger partial charge on any atom is -0.491 e. The second-order valence-electron chi connectivity index (χ2n) is 20.5.